The number of anilines is 1. The van der Waals surface area contributed by atoms with E-state index in [-0.39, 0.29) is 17.0 Å². The lowest BCUT2D eigenvalue weighted by atomic mass is 10.3. The number of H-pyrrole nitrogens is 2. The Labute approximate surface area is 143 Å². The fourth-order valence-electron chi connectivity index (χ4n) is 2.44. The number of aromatic amines is 2. The predicted molar refractivity (Wildman–Crippen MR) is 96.4 cm³/mol. The van der Waals surface area contributed by atoms with Crippen molar-refractivity contribution in [1.29, 1.82) is 0 Å². The van der Waals surface area contributed by atoms with E-state index >= 15 is 0 Å². The van der Waals surface area contributed by atoms with Gasteiger partial charge in [0.25, 0.3) is 10.0 Å². The summed E-state index contributed by atoms with van der Waals surface area (Å²) in [7, 11) is -3.88. The third kappa shape index (κ3) is 3.11. The normalized spacial score (nSPS) is 11.4. The maximum absolute atomic E-state index is 13.0. The Morgan fingerprint density at radius 3 is 2.24 bits per heavy atom. The van der Waals surface area contributed by atoms with Gasteiger partial charge in [-0.3, -0.25) is 13.9 Å². The second-order valence-corrected chi connectivity index (χ2v) is 7.14. The second kappa shape index (κ2) is 6.40. The number of hydrogen-bond donors (Lipinski definition) is 2. The summed E-state index contributed by atoms with van der Waals surface area (Å²) in [6.07, 6.45) is 1.49. The van der Waals surface area contributed by atoms with Crippen molar-refractivity contribution in [3.05, 3.63) is 81.9 Å². The van der Waals surface area contributed by atoms with E-state index in [0.29, 0.717) is 11.2 Å². The van der Waals surface area contributed by atoms with Crippen LogP contribution in [0.5, 0.6) is 0 Å². The van der Waals surface area contributed by atoms with Crippen molar-refractivity contribution in [1.82, 2.24) is 9.97 Å². The molecule has 0 atom stereocenters. The number of hydrogen-bond acceptors (Lipinski definition) is 4. The zero-order chi connectivity index (χ0) is 18.0. The predicted octanol–water partition coefficient (Wildman–Crippen LogP) is 1.60. The van der Waals surface area contributed by atoms with Crippen LogP contribution in [0, 0.1) is 0 Å². The van der Waals surface area contributed by atoms with E-state index in [4.69, 9.17) is 0 Å². The molecule has 7 nitrogen and oxygen atoms in total. The van der Waals surface area contributed by atoms with Crippen molar-refractivity contribution in [2.45, 2.75) is 4.90 Å². The first kappa shape index (κ1) is 16.7. The first-order valence-electron chi connectivity index (χ1n) is 7.38. The van der Waals surface area contributed by atoms with E-state index in [2.05, 4.69) is 16.5 Å². The Bertz CT molecular complexity index is 1150. The fraction of sp³-hybridized carbons (Fsp3) is 0.0588. The van der Waals surface area contributed by atoms with Gasteiger partial charge in [-0.15, -0.1) is 6.58 Å². The summed E-state index contributed by atoms with van der Waals surface area (Å²) in [5.74, 6) is 0. The van der Waals surface area contributed by atoms with E-state index in [1.165, 1.54) is 28.6 Å². The zero-order valence-electron chi connectivity index (χ0n) is 13.1. The van der Waals surface area contributed by atoms with Gasteiger partial charge >= 0.3 is 11.1 Å². The average molecular weight is 357 g/mol. The summed E-state index contributed by atoms with van der Waals surface area (Å²) in [6.45, 7) is 3.70. The molecule has 0 radical (unpaired) electrons. The molecule has 0 unspecified atom stereocenters. The van der Waals surface area contributed by atoms with Crippen LogP contribution in [0.15, 0.2) is 75.7 Å². The highest BCUT2D eigenvalue weighted by atomic mass is 32.2. The topological polar surface area (TPSA) is 103 Å². The van der Waals surface area contributed by atoms with Crippen LogP contribution < -0.4 is 15.4 Å². The summed E-state index contributed by atoms with van der Waals surface area (Å²) in [5.41, 5.74) is -0.554. The molecule has 8 heteroatoms. The summed E-state index contributed by atoms with van der Waals surface area (Å²) >= 11 is 0. The Hall–Kier alpha value is -3.13. The molecule has 1 heterocycles. The van der Waals surface area contributed by atoms with Crippen molar-refractivity contribution < 1.29 is 8.42 Å². The van der Waals surface area contributed by atoms with Crippen molar-refractivity contribution >= 4 is 26.7 Å². The smallest absolute Gasteiger partial charge is 0.314 e. The van der Waals surface area contributed by atoms with Gasteiger partial charge in [-0.25, -0.2) is 8.42 Å². The largest absolute Gasteiger partial charge is 0.316 e. The van der Waals surface area contributed by atoms with Crippen molar-refractivity contribution in [3.63, 3.8) is 0 Å². The molecule has 0 aliphatic rings. The minimum atomic E-state index is -3.88. The Balaban J connectivity index is 2.16. The third-order valence-corrected chi connectivity index (χ3v) is 5.41. The Morgan fingerprint density at radius 1 is 0.960 bits per heavy atom. The number of sulfonamides is 1. The van der Waals surface area contributed by atoms with E-state index < -0.39 is 21.1 Å². The van der Waals surface area contributed by atoms with Gasteiger partial charge in [-0.2, -0.15) is 0 Å². The van der Waals surface area contributed by atoms with Crippen LogP contribution >= 0.6 is 0 Å². The molecule has 3 rings (SSSR count). The van der Waals surface area contributed by atoms with Gasteiger partial charge in [-0.05, 0) is 30.3 Å². The minimum Gasteiger partial charge on any atom is -0.316 e. The highest BCUT2D eigenvalue weighted by Crippen LogP contribution is 2.24. The third-order valence-electron chi connectivity index (χ3n) is 3.62. The van der Waals surface area contributed by atoms with Gasteiger partial charge in [-0.1, -0.05) is 24.3 Å². The number of nitrogens with zero attached hydrogens (tertiary/aromatic N) is 1. The maximum atomic E-state index is 13.0. The molecule has 2 N–H and O–H groups in total. The molecule has 0 aliphatic heterocycles. The maximum Gasteiger partial charge on any atom is 0.314 e. The molecule has 0 bridgehead atoms. The lowest BCUT2D eigenvalue weighted by Gasteiger charge is -2.23. The number of para-hydroxylation sites is 1. The van der Waals surface area contributed by atoms with Gasteiger partial charge in [0.2, 0.25) is 0 Å². The van der Waals surface area contributed by atoms with Gasteiger partial charge < -0.3 is 9.97 Å². The van der Waals surface area contributed by atoms with Gasteiger partial charge in [0.1, 0.15) is 0 Å². The van der Waals surface area contributed by atoms with Crippen LogP contribution in [0.1, 0.15) is 0 Å². The van der Waals surface area contributed by atoms with Crippen LogP contribution in [0.4, 0.5) is 5.69 Å². The highest BCUT2D eigenvalue weighted by Gasteiger charge is 2.24. The molecule has 0 aliphatic carbocycles. The van der Waals surface area contributed by atoms with Crippen LogP contribution in [0.25, 0.3) is 11.0 Å². The fourth-order valence-corrected chi connectivity index (χ4v) is 3.90. The summed E-state index contributed by atoms with van der Waals surface area (Å²) < 4.78 is 27.3. The number of benzene rings is 2. The van der Waals surface area contributed by atoms with E-state index in [1.807, 2.05) is 0 Å². The number of aromatic nitrogens is 2. The molecule has 3 aromatic rings. The van der Waals surface area contributed by atoms with E-state index in [1.54, 1.807) is 30.3 Å². The van der Waals surface area contributed by atoms with Gasteiger partial charge in [0.05, 0.1) is 28.2 Å². The van der Waals surface area contributed by atoms with E-state index in [0.717, 1.165) is 0 Å². The monoisotopic (exact) mass is 357 g/mol. The average Bonchev–Trinajstić information content (AvgIpc) is 2.61. The SMILES string of the molecule is C=CCN(c1ccccc1)S(=O)(=O)c1ccc2[nH]c(=O)c(=O)[nH]c2c1. The molecule has 1 aromatic heterocycles. The highest BCUT2D eigenvalue weighted by molar-refractivity contribution is 7.92. The standard InChI is InChI=1S/C17H15N3O4S/c1-2-10-20(12-6-4-3-5-7-12)25(23,24)13-8-9-14-15(11-13)19-17(22)16(21)18-14/h2-9,11H,1,10H2,(H,18,21)(H,19,22). The summed E-state index contributed by atoms with van der Waals surface area (Å²) in [6, 6.07) is 12.8. The number of rotatable bonds is 5. The molecule has 0 spiro atoms. The molecular weight excluding hydrogens is 342 g/mol. The minimum absolute atomic E-state index is 0.00611. The van der Waals surface area contributed by atoms with Crippen LogP contribution in [-0.2, 0) is 10.0 Å². The zero-order valence-corrected chi connectivity index (χ0v) is 13.9. The lowest BCUT2D eigenvalue weighted by molar-refractivity contribution is 0.593. The van der Waals surface area contributed by atoms with E-state index in [9.17, 15) is 18.0 Å². The molecule has 25 heavy (non-hydrogen) atoms. The lowest BCUT2D eigenvalue weighted by Crippen LogP contribution is -2.31. The Kier molecular flexibility index (Phi) is 4.28. The van der Waals surface area contributed by atoms with Crippen LogP contribution in [0.2, 0.25) is 0 Å². The Morgan fingerprint density at radius 2 is 1.60 bits per heavy atom. The number of fused-ring (bicyclic) bond motifs is 1. The first-order chi connectivity index (χ1) is 11.9. The molecule has 0 saturated carbocycles. The van der Waals surface area contributed by atoms with Crippen LogP contribution in [-0.4, -0.2) is 24.9 Å². The van der Waals surface area contributed by atoms with Crippen molar-refractivity contribution in [2.24, 2.45) is 0 Å². The molecule has 0 amide bonds. The van der Waals surface area contributed by atoms with Gasteiger partial charge in [0.15, 0.2) is 0 Å². The molecule has 0 fully saturated rings. The quantitative estimate of drug-likeness (QED) is 0.535. The molecule has 128 valence electrons. The van der Waals surface area contributed by atoms with Crippen molar-refractivity contribution in [3.8, 4) is 0 Å². The number of nitrogens with one attached hydrogen (secondary N) is 2. The molecule has 0 saturated heterocycles. The van der Waals surface area contributed by atoms with Gasteiger partial charge in [0, 0.05) is 0 Å². The molecular formula is C17H15N3O4S. The second-order valence-electron chi connectivity index (χ2n) is 5.28. The van der Waals surface area contributed by atoms with Crippen LogP contribution in [0.3, 0.4) is 0 Å². The molecule has 2 aromatic carbocycles. The first-order valence-corrected chi connectivity index (χ1v) is 8.82. The summed E-state index contributed by atoms with van der Waals surface area (Å²) in [5, 5.41) is 0. The van der Waals surface area contributed by atoms with Crippen molar-refractivity contribution in [2.75, 3.05) is 10.8 Å². The summed E-state index contributed by atoms with van der Waals surface area (Å²) in [4.78, 5) is 27.6.